The SMILES string of the molecule is C=CCON=C(C)c1cccc(-c2ccc(CCC(N)(CO)CO)cc2)c1. The Morgan fingerprint density at radius 1 is 1.15 bits per heavy atom. The van der Waals surface area contributed by atoms with Gasteiger partial charge >= 0.3 is 0 Å². The molecule has 0 aliphatic rings. The number of hydrogen-bond donors (Lipinski definition) is 3. The summed E-state index contributed by atoms with van der Waals surface area (Å²) in [5.74, 6) is 0. The zero-order valence-electron chi connectivity index (χ0n) is 15.8. The molecule has 144 valence electrons. The monoisotopic (exact) mass is 368 g/mol. The van der Waals surface area contributed by atoms with E-state index in [0.717, 1.165) is 28.0 Å². The van der Waals surface area contributed by atoms with Crippen molar-refractivity contribution in [3.8, 4) is 11.1 Å². The summed E-state index contributed by atoms with van der Waals surface area (Å²) in [5.41, 5.74) is 10.1. The van der Waals surface area contributed by atoms with E-state index < -0.39 is 5.54 Å². The fourth-order valence-electron chi connectivity index (χ4n) is 2.63. The lowest BCUT2D eigenvalue weighted by molar-refractivity contribution is 0.115. The van der Waals surface area contributed by atoms with Crippen LogP contribution in [0.2, 0.25) is 0 Å². The molecule has 0 amide bonds. The highest BCUT2D eigenvalue weighted by Gasteiger charge is 2.22. The molecule has 0 aromatic heterocycles. The largest absolute Gasteiger partial charge is 0.394 e. The molecule has 0 saturated carbocycles. The fraction of sp³-hybridized carbons (Fsp3) is 0.318. The Labute approximate surface area is 160 Å². The minimum absolute atomic E-state index is 0.230. The van der Waals surface area contributed by atoms with Crippen LogP contribution in [0.25, 0.3) is 11.1 Å². The normalized spacial score (nSPS) is 12.1. The number of rotatable bonds is 10. The number of nitrogens with two attached hydrogens (primary N) is 1. The van der Waals surface area contributed by atoms with Crippen LogP contribution in [-0.2, 0) is 11.3 Å². The van der Waals surface area contributed by atoms with Gasteiger partial charge in [0.15, 0.2) is 0 Å². The molecule has 2 aromatic rings. The van der Waals surface area contributed by atoms with E-state index >= 15 is 0 Å². The van der Waals surface area contributed by atoms with Gasteiger partial charge in [0.2, 0.25) is 0 Å². The molecule has 0 spiro atoms. The quantitative estimate of drug-likeness (QED) is 0.260. The van der Waals surface area contributed by atoms with Crippen LogP contribution in [0.3, 0.4) is 0 Å². The molecule has 0 radical (unpaired) electrons. The van der Waals surface area contributed by atoms with Crippen molar-refractivity contribution in [1.29, 1.82) is 0 Å². The number of aryl methyl sites for hydroxylation is 1. The number of aliphatic hydroxyl groups excluding tert-OH is 2. The third-order valence-electron chi connectivity index (χ3n) is 4.50. The molecule has 0 aliphatic heterocycles. The molecule has 0 saturated heterocycles. The highest BCUT2D eigenvalue weighted by atomic mass is 16.6. The predicted molar refractivity (Wildman–Crippen MR) is 110 cm³/mol. The van der Waals surface area contributed by atoms with Crippen molar-refractivity contribution < 1.29 is 15.1 Å². The van der Waals surface area contributed by atoms with Crippen molar-refractivity contribution in [2.75, 3.05) is 19.8 Å². The van der Waals surface area contributed by atoms with Gasteiger partial charge in [0.05, 0.1) is 24.5 Å². The summed E-state index contributed by atoms with van der Waals surface area (Å²) in [6.07, 6.45) is 2.88. The molecular weight excluding hydrogens is 340 g/mol. The second-order valence-electron chi connectivity index (χ2n) is 6.72. The molecule has 4 N–H and O–H groups in total. The Morgan fingerprint density at radius 3 is 2.48 bits per heavy atom. The number of hydrogen-bond acceptors (Lipinski definition) is 5. The molecule has 2 rings (SSSR count). The van der Waals surface area contributed by atoms with Gasteiger partial charge < -0.3 is 20.8 Å². The van der Waals surface area contributed by atoms with Crippen LogP contribution in [0, 0.1) is 0 Å². The van der Waals surface area contributed by atoms with E-state index in [-0.39, 0.29) is 13.2 Å². The highest BCUT2D eigenvalue weighted by Crippen LogP contribution is 2.22. The topological polar surface area (TPSA) is 88.1 Å². The van der Waals surface area contributed by atoms with Crippen LogP contribution >= 0.6 is 0 Å². The molecule has 0 bridgehead atoms. The Morgan fingerprint density at radius 2 is 1.85 bits per heavy atom. The van der Waals surface area contributed by atoms with E-state index in [4.69, 9.17) is 10.6 Å². The Hall–Kier alpha value is -2.47. The van der Waals surface area contributed by atoms with Crippen LogP contribution in [0.5, 0.6) is 0 Å². The Balaban J connectivity index is 2.09. The van der Waals surface area contributed by atoms with Crippen LogP contribution < -0.4 is 5.73 Å². The van der Waals surface area contributed by atoms with Crippen molar-refractivity contribution in [2.45, 2.75) is 25.3 Å². The first-order chi connectivity index (χ1) is 13.0. The summed E-state index contributed by atoms with van der Waals surface area (Å²) in [6, 6.07) is 16.3. The molecular formula is C22H28N2O3. The molecule has 27 heavy (non-hydrogen) atoms. The van der Waals surface area contributed by atoms with Crippen molar-refractivity contribution in [3.63, 3.8) is 0 Å². The maximum Gasteiger partial charge on any atom is 0.135 e. The first-order valence-electron chi connectivity index (χ1n) is 8.99. The number of benzene rings is 2. The summed E-state index contributed by atoms with van der Waals surface area (Å²) < 4.78 is 0. The summed E-state index contributed by atoms with van der Waals surface area (Å²) >= 11 is 0. The van der Waals surface area contributed by atoms with Crippen LogP contribution in [0.15, 0.2) is 66.3 Å². The lowest BCUT2D eigenvalue weighted by atomic mass is 9.93. The van der Waals surface area contributed by atoms with Gasteiger partial charge in [0.1, 0.15) is 6.61 Å². The molecule has 2 aromatic carbocycles. The van der Waals surface area contributed by atoms with E-state index in [1.165, 1.54) is 0 Å². The molecule has 5 nitrogen and oxygen atoms in total. The number of oxime groups is 1. The van der Waals surface area contributed by atoms with Gasteiger partial charge in [-0.25, -0.2) is 0 Å². The van der Waals surface area contributed by atoms with Gasteiger partial charge in [0, 0.05) is 0 Å². The van der Waals surface area contributed by atoms with Gasteiger partial charge in [0.25, 0.3) is 0 Å². The molecule has 0 heterocycles. The Kier molecular flexibility index (Phi) is 7.73. The highest BCUT2D eigenvalue weighted by molar-refractivity contribution is 5.99. The first kappa shape index (κ1) is 20.8. The lowest BCUT2D eigenvalue weighted by Gasteiger charge is -2.24. The molecule has 0 fully saturated rings. The zero-order valence-corrected chi connectivity index (χ0v) is 15.8. The maximum absolute atomic E-state index is 9.29. The smallest absolute Gasteiger partial charge is 0.135 e. The second kappa shape index (κ2) is 10.0. The molecule has 0 atom stereocenters. The van der Waals surface area contributed by atoms with Crippen LogP contribution in [0.4, 0.5) is 0 Å². The standard InChI is InChI=1S/C22H28N2O3/c1-3-13-27-24-17(2)20-5-4-6-21(14-20)19-9-7-18(8-10-19)11-12-22(23,15-25)16-26/h3-10,14,25-26H,1,11-13,15-16,23H2,2H3. The van der Waals surface area contributed by atoms with E-state index in [2.05, 4.69) is 36.0 Å². The van der Waals surface area contributed by atoms with Gasteiger partial charge in [-0.05, 0) is 48.1 Å². The maximum atomic E-state index is 9.29. The van der Waals surface area contributed by atoms with Crippen molar-refractivity contribution >= 4 is 5.71 Å². The van der Waals surface area contributed by atoms with Crippen molar-refractivity contribution in [3.05, 3.63) is 72.3 Å². The van der Waals surface area contributed by atoms with E-state index in [1.54, 1.807) is 6.08 Å². The summed E-state index contributed by atoms with van der Waals surface area (Å²) in [5, 5.41) is 22.7. The second-order valence-corrected chi connectivity index (χ2v) is 6.72. The summed E-state index contributed by atoms with van der Waals surface area (Å²) in [6.45, 7) is 5.43. The number of nitrogens with zero attached hydrogens (tertiary/aromatic N) is 1. The fourth-order valence-corrected chi connectivity index (χ4v) is 2.63. The molecule has 5 heteroatoms. The Bertz CT molecular complexity index is 765. The average Bonchev–Trinajstić information content (AvgIpc) is 2.72. The predicted octanol–water partition coefficient (Wildman–Crippen LogP) is 2.89. The zero-order chi connectivity index (χ0) is 19.7. The van der Waals surface area contributed by atoms with Crippen LogP contribution in [0.1, 0.15) is 24.5 Å². The lowest BCUT2D eigenvalue weighted by Crippen LogP contribution is -2.47. The first-order valence-corrected chi connectivity index (χ1v) is 8.99. The van der Waals surface area contributed by atoms with Gasteiger partial charge in [-0.2, -0.15) is 0 Å². The van der Waals surface area contributed by atoms with E-state index in [9.17, 15) is 10.2 Å². The minimum Gasteiger partial charge on any atom is -0.394 e. The van der Waals surface area contributed by atoms with E-state index in [0.29, 0.717) is 19.4 Å². The van der Waals surface area contributed by atoms with Crippen molar-refractivity contribution in [2.24, 2.45) is 10.9 Å². The third kappa shape index (κ3) is 6.03. The van der Waals surface area contributed by atoms with Gasteiger partial charge in [-0.1, -0.05) is 60.3 Å². The summed E-state index contributed by atoms with van der Waals surface area (Å²) in [4.78, 5) is 5.16. The van der Waals surface area contributed by atoms with Crippen LogP contribution in [-0.4, -0.2) is 41.3 Å². The average molecular weight is 368 g/mol. The van der Waals surface area contributed by atoms with Gasteiger partial charge in [-0.3, -0.25) is 0 Å². The molecule has 0 unspecified atom stereocenters. The summed E-state index contributed by atoms with van der Waals surface area (Å²) in [7, 11) is 0. The number of aliphatic hydroxyl groups is 2. The van der Waals surface area contributed by atoms with Crippen molar-refractivity contribution in [1.82, 2.24) is 0 Å². The minimum atomic E-state index is -0.933. The van der Waals surface area contributed by atoms with E-state index in [1.807, 2.05) is 31.2 Å². The van der Waals surface area contributed by atoms with Gasteiger partial charge in [-0.15, -0.1) is 0 Å². The molecule has 0 aliphatic carbocycles. The third-order valence-corrected chi connectivity index (χ3v) is 4.50.